The van der Waals surface area contributed by atoms with E-state index in [0.29, 0.717) is 17.9 Å². The van der Waals surface area contributed by atoms with Crippen molar-refractivity contribution in [3.63, 3.8) is 0 Å². The molecule has 0 aromatic heterocycles. The molecule has 1 atom stereocenters. The Morgan fingerprint density at radius 3 is 2.62 bits per heavy atom. The second kappa shape index (κ2) is 10.2. The van der Waals surface area contributed by atoms with Crippen LogP contribution in [0.1, 0.15) is 36.5 Å². The molecule has 1 amide bonds. The maximum absolute atomic E-state index is 12.7. The maximum Gasteiger partial charge on any atom is 0.256 e. The highest BCUT2D eigenvalue weighted by Gasteiger charge is 2.20. The number of hydrogen-bond acceptors (Lipinski definition) is 5. The summed E-state index contributed by atoms with van der Waals surface area (Å²) >= 11 is 1.65. The van der Waals surface area contributed by atoms with Crippen molar-refractivity contribution < 1.29 is 17.9 Å². The molecule has 29 heavy (non-hydrogen) atoms. The van der Waals surface area contributed by atoms with Crippen LogP contribution in [0.3, 0.4) is 0 Å². The molecule has 0 spiro atoms. The fraction of sp³-hybridized carbons (Fsp3) is 0.381. The van der Waals surface area contributed by atoms with Gasteiger partial charge in [-0.25, -0.2) is 13.1 Å². The number of ether oxygens (including phenoxy) is 1. The van der Waals surface area contributed by atoms with Crippen molar-refractivity contribution in [3.8, 4) is 0 Å². The summed E-state index contributed by atoms with van der Waals surface area (Å²) in [7, 11) is -3.61. The van der Waals surface area contributed by atoms with Gasteiger partial charge in [-0.05, 0) is 61.4 Å². The second-order valence-electron chi connectivity index (χ2n) is 6.81. The van der Waals surface area contributed by atoms with Crippen LogP contribution in [0.5, 0.6) is 0 Å². The highest BCUT2D eigenvalue weighted by atomic mass is 32.2. The highest BCUT2D eigenvalue weighted by molar-refractivity contribution is 7.99. The number of benzene rings is 2. The molecule has 0 bridgehead atoms. The van der Waals surface area contributed by atoms with E-state index >= 15 is 0 Å². The molecular formula is C21H26N2O4S2. The first-order chi connectivity index (χ1) is 14.0. The SMILES string of the molecule is CCCSc1ccccc1C(=O)Nc1ccc(S(=O)(=O)NCC2CCCO2)cc1. The van der Waals surface area contributed by atoms with Crippen LogP contribution < -0.4 is 10.0 Å². The summed E-state index contributed by atoms with van der Waals surface area (Å²) in [5.41, 5.74) is 1.16. The monoisotopic (exact) mass is 434 g/mol. The van der Waals surface area contributed by atoms with Crippen molar-refractivity contribution in [2.24, 2.45) is 0 Å². The summed E-state index contributed by atoms with van der Waals surface area (Å²) in [5, 5.41) is 2.84. The molecular weight excluding hydrogens is 408 g/mol. The van der Waals surface area contributed by atoms with Crippen LogP contribution in [-0.2, 0) is 14.8 Å². The molecule has 1 unspecified atom stereocenters. The molecule has 2 aromatic rings. The van der Waals surface area contributed by atoms with E-state index < -0.39 is 10.0 Å². The van der Waals surface area contributed by atoms with Crippen molar-refractivity contribution in [1.82, 2.24) is 4.72 Å². The van der Waals surface area contributed by atoms with E-state index in [1.54, 1.807) is 30.0 Å². The maximum atomic E-state index is 12.7. The van der Waals surface area contributed by atoms with Crippen molar-refractivity contribution in [1.29, 1.82) is 0 Å². The average molecular weight is 435 g/mol. The van der Waals surface area contributed by atoms with Crippen molar-refractivity contribution in [2.75, 3.05) is 24.2 Å². The smallest absolute Gasteiger partial charge is 0.256 e. The Balaban J connectivity index is 1.63. The normalized spacial score (nSPS) is 16.7. The lowest BCUT2D eigenvalue weighted by atomic mass is 10.2. The molecule has 3 rings (SSSR count). The van der Waals surface area contributed by atoms with E-state index in [-0.39, 0.29) is 23.5 Å². The zero-order valence-corrected chi connectivity index (χ0v) is 18.0. The van der Waals surface area contributed by atoms with Gasteiger partial charge >= 0.3 is 0 Å². The molecule has 8 heteroatoms. The summed E-state index contributed by atoms with van der Waals surface area (Å²) in [5.74, 6) is 0.728. The fourth-order valence-electron chi connectivity index (χ4n) is 3.00. The zero-order chi connectivity index (χ0) is 20.7. The third-order valence-corrected chi connectivity index (χ3v) is 7.26. The third kappa shape index (κ3) is 6.05. The summed E-state index contributed by atoms with van der Waals surface area (Å²) < 4.78 is 32.9. The number of anilines is 1. The van der Waals surface area contributed by atoms with Crippen molar-refractivity contribution in [3.05, 3.63) is 54.1 Å². The summed E-state index contributed by atoms with van der Waals surface area (Å²) in [6.45, 7) is 3.05. The lowest BCUT2D eigenvalue weighted by Gasteiger charge is -2.12. The van der Waals surface area contributed by atoms with Gasteiger partial charge in [0.25, 0.3) is 5.91 Å². The average Bonchev–Trinajstić information content (AvgIpc) is 3.25. The number of carbonyl (C=O) groups excluding carboxylic acids is 1. The lowest BCUT2D eigenvalue weighted by Crippen LogP contribution is -2.31. The quantitative estimate of drug-likeness (QED) is 0.585. The second-order valence-corrected chi connectivity index (χ2v) is 9.71. The lowest BCUT2D eigenvalue weighted by molar-refractivity contribution is 0.102. The van der Waals surface area contributed by atoms with E-state index in [0.717, 1.165) is 29.9 Å². The molecule has 0 radical (unpaired) electrons. The standard InChI is InChI=1S/C21H26N2O4S2/c1-2-14-28-20-8-4-3-7-19(20)21(24)23-16-9-11-18(12-10-16)29(25,26)22-15-17-6-5-13-27-17/h3-4,7-12,17,22H,2,5-6,13-15H2,1H3,(H,23,24). The van der Waals surface area contributed by atoms with Gasteiger partial charge in [-0.1, -0.05) is 19.1 Å². The third-order valence-electron chi connectivity index (χ3n) is 4.54. The van der Waals surface area contributed by atoms with E-state index in [9.17, 15) is 13.2 Å². The summed E-state index contributed by atoms with van der Waals surface area (Å²) in [6, 6.07) is 13.7. The van der Waals surface area contributed by atoms with E-state index in [1.165, 1.54) is 12.1 Å². The minimum atomic E-state index is -3.61. The van der Waals surface area contributed by atoms with Gasteiger partial charge in [-0.3, -0.25) is 4.79 Å². The van der Waals surface area contributed by atoms with E-state index in [2.05, 4.69) is 17.0 Å². The number of sulfonamides is 1. The van der Waals surface area contributed by atoms with Gasteiger partial charge in [0.1, 0.15) is 0 Å². The van der Waals surface area contributed by atoms with E-state index in [4.69, 9.17) is 4.74 Å². The minimum absolute atomic E-state index is 0.0611. The van der Waals surface area contributed by atoms with Gasteiger partial charge in [0.15, 0.2) is 0 Å². The first-order valence-electron chi connectivity index (χ1n) is 9.74. The molecule has 1 fully saturated rings. The van der Waals surface area contributed by atoms with Gasteiger partial charge in [-0.15, -0.1) is 11.8 Å². The molecule has 0 aliphatic carbocycles. The Labute approximate surface area is 176 Å². The first kappa shape index (κ1) is 21.8. The van der Waals surface area contributed by atoms with Crippen LogP contribution in [0.4, 0.5) is 5.69 Å². The molecule has 2 aromatic carbocycles. The minimum Gasteiger partial charge on any atom is -0.377 e. The number of thioether (sulfide) groups is 1. The Morgan fingerprint density at radius 2 is 1.93 bits per heavy atom. The Bertz CT molecular complexity index is 924. The van der Waals surface area contributed by atoms with Crippen LogP contribution in [0.25, 0.3) is 0 Å². The van der Waals surface area contributed by atoms with Crippen LogP contribution in [0, 0.1) is 0 Å². The molecule has 6 nitrogen and oxygen atoms in total. The van der Waals surface area contributed by atoms with Gasteiger partial charge in [0.2, 0.25) is 10.0 Å². The van der Waals surface area contributed by atoms with Gasteiger partial charge in [0.05, 0.1) is 16.6 Å². The molecule has 156 valence electrons. The summed E-state index contributed by atoms with van der Waals surface area (Å²) in [4.78, 5) is 13.8. The number of nitrogens with one attached hydrogen (secondary N) is 2. The predicted octanol–water partition coefficient (Wildman–Crippen LogP) is 3.90. The molecule has 1 saturated heterocycles. The number of amides is 1. The number of hydrogen-bond donors (Lipinski definition) is 2. The number of carbonyl (C=O) groups is 1. The molecule has 0 saturated carbocycles. The van der Waals surface area contributed by atoms with Crippen molar-refractivity contribution in [2.45, 2.75) is 42.1 Å². The van der Waals surface area contributed by atoms with Crippen LogP contribution in [-0.4, -0.2) is 39.3 Å². The van der Waals surface area contributed by atoms with Crippen LogP contribution in [0.15, 0.2) is 58.3 Å². The van der Waals surface area contributed by atoms with Crippen LogP contribution >= 0.6 is 11.8 Å². The molecule has 1 aliphatic rings. The Hall–Kier alpha value is -1.87. The number of rotatable bonds is 9. The Morgan fingerprint density at radius 1 is 1.17 bits per heavy atom. The van der Waals surface area contributed by atoms with Crippen molar-refractivity contribution >= 4 is 33.4 Å². The van der Waals surface area contributed by atoms with E-state index in [1.807, 2.05) is 18.2 Å². The highest BCUT2D eigenvalue weighted by Crippen LogP contribution is 2.24. The zero-order valence-electron chi connectivity index (χ0n) is 16.4. The molecule has 1 aliphatic heterocycles. The van der Waals surface area contributed by atoms with Gasteiger partial charge in [0, 0.05) is 23.7 Å². The summed E-state index contributed by atoms with van der Waals surface area (Å²) in [6.07, 6.45) is 2.79. The Kier molecular flexibility index (Phi) is 7.71. The van der Waals surface area contributed by atoms with Crippen LogP contribution in [0.2, 0.25) is 0 Å². The van der Waals surface area contributed by atoms with Gasteiger partial charge < -0.3 is 10.1 Å². The predicted molar refractivity (Wildman–Crippen MR) is 116 cm³/mol. The topological polar surface area (TPSA) is 84.5 Å². The van der Waals surface area contributed by atoms with Gasteiger partial charge in [-0.2, -0.15) is 0 Å². The molecule has 2 N–H and O–H groups in total. The largest absolute Gasteiger partial charge is 0.377 e. The first-order valence-corrected chi connectivity index (χ1v) is 12.2. The molecule has 1 heterocycles. The fourth-order valence-corrected chi connectivity index (χ4v) is 4.98.